The molecule has 0 saturated carbocycles. The first-order chi connectivity index (χ1) is 9.19. The molecule has 2 aliphatic rings. The summed E-state index contributed by atoms with van der Waals surface area (Å²) in [6, 6.07) is 0.682. The van der Waals surface area contributed by atoms with Crippen molar-refractivity contribution in [1.29, 1.82) is 0 Å². The highest BCUT2D eigenvalue weighted by molar-refractivity contribution is 4.81. The summed E-state index contributed by atoms with van der Waals surface area (Å²) in [5, 5.41) is 3.83. The quantitative estimate of drug-likeness (QED) is 0.822. The summed E-state index contributed by atoms with van der Waals surface area (Å²) in [6.45, 7) is 12.3. The Morgan fingerprint density at radius 2 is 1.95 bits per heavy atom. The Balaban J connectivity index is 1.69. The Kier molecular flexibility index (Phi) is 6.11. The Bertz CT molecular complexity index is 256. The van der Waals surface area contributed by atoms with Crippen LogP contribution in [0.3, 0.4) is 0 Å². The maximum Gasteiger partial charge on any atom is 0.00793 e. The van der Waals surface area contributed by atoms with Gasteiger partial charge in [0.2, 0.25) is 0 Å². The van der Waals surface area contributed by atoms with Crippen LogP contribution in [-0.4, -0.2) is 62.2 Å². The van der Waals surface area contributed by atoms with Crippen LogP contribution in [0.2, 0.25) is 0 Å². The molecule has 1 N–H and O–H groups in total. The third-order valence-corrected chi connectivity index (χ3v) is 5.15. The van der Waals surface area contributed by atoms with Gasteiger partial charge >= 0.3 is 0 Å². The van der Waals surface area contributed by atoms with Gasteiger partial charge in [0.05, 0.1) is 0 Å². The molecule has 0 aromatic heterocycles. The van der Waals surface area contributed by atoms with Gasteiger partial charge in [0, 0.05) is 19.1 Å². The molecule has 0 radical (unpaired) electrons. The van der Waals surface area contributed by atoms with Crippen molar-refractivity contribution in [2.75, 3.05) is 46.3 Å². The highest BCUT2D eigenvalue weighted by Crippen LogP contribution is 2.20. The third kappa shape index (κ3) is 4.73. The first kappa shape index (κ1) is 15.3. The van der Waals surface area contributed by atoms with Crippen LogP contribution < -0.4 is 5.32 Å². The molecule has 0 aromatic carbocycles. The Hall–Kier alpha value is -0.120. The summed E-state index contributed by atoms with van der Waals surface area (Å²) < 4.78 is 0. The number of rotatable bonds is 5. The SMILES string of the molecule is CCN1CCCC(C(C)NCC2CCCN(C)C2)C1. The van der Waals surface area contributed by atoms with E-state index in [2.05, 4.69) is 36.0 Å². The maximum absolute atomic E-state index is 3.83. The number of likely N-dealkylation sites (tertiary alicyclic amines) is 2. The maximum atomic E-state index is 3.83. The summed E-state index contributed by atoms with van der Waals surface area (Å²) in [7, 11) is 2.26. The molecule has 3 atom stereocenters. The number of nitrogens with one attached hydrogen (secondary N) is 1. The molecular weight excluding hydrogens is 234 g/mol. The van der Waals surface area contributed by atoms with E-state index in [0.29, 0.717) is 6.04 Å². The van der Waals surface area contributed by atoms with Crippen molar-refractivity contribution in [2.45, 2.75) is 45.6 Å². The lowest BCUT2D eigenvalue weighted by Crippen LogP contribution is -2.46. The van der Waals surface area contributed by atoms with E-state index in [1.54, 1.807) is 0 Å². The lowest BCUT2D eigenvalue weighted by Gasteiger charge is -2.37. The minimum atomic E-state index is 0.682. The molecule has 0 aromatic rings. The van der Waals surface area contributed by atoms with E-state index in [9.17, 15) is 0 Å². The number of nitrogens with zero attached hydrogens (tertiary/aromatic N) is 2. The molecular formula is C16H33N3. The normalized spacial score (nSPS) is 32.4. The minimum absolute atomic E-state index is 0.682. The van der Waals surface area contributed by atoms with E-state index in [0.717, 1.165) is 11.8 Å². The fraction of sp³-hybridized carbons (Fsp3) is 1.00. The molecule has 0 spiro atoms. The predicted molar refractivity (Wildman–Crippen MR) is 82.5 cm³/mol. The standard InChI is InChI=1S/C16H33N3/c1-4-19-10-6-8-16(13-19)14(2)17-11-15-7-5-9-18(3)12-15/h14-17H,4-13H2,1-3H3. The Morgan fingerprint density at radius 3 is 2.68 bits per heavy atom. The molecule has 2 fully saturated rings. The molecule has 3 heteroatoms. The fourth-order valence-electron chi connectivity index (χ4n) is 3.75. The second kappa shape index (κ2) is 7.61. The molecule has 0 aliphatic carbocycles. The third-order valence-electron chi connectivity index (χ3n) is 5.15. The van der Waals surface area contributed by atoms with Gasteiger partial charge in [-0.25, -0.2) is 0 Å². The van der Waals surface area contributed by atoms with Crippen molar-refractivity contribution in [1.82, 2.24) is 15.1 Å². The molecule has 0 amide bonds. The average Bonchev–Trinajstić information content (AvgIpc) is 2.45. The second-order valence-corrected chi connectivity index (χ2v) is 6.76. The molecule has 19 heavy (non-hydrogen) atoms. The molecule has 112 valence electrons. The van der Waals surface area contributed by atoms with Gasteiger partial charge in [-0.05, 0) is 77.7 Å². The van der Waals surface area contributed by atoms with E-state index in [4.69, 9.17) is 0 Å². The van der Waals surface area contributed by atoms with Crippen molar-refractivity contribution in [2.24, 2.45) is 11.8 Å². The van der Waals surface area contributed by atoms with Crippen molar-refractivity contribution in [3.8, 4) is 0 Å². The molecule has 2 saturated heterocycles. The van der Waals surface area contributed by atoms with Crippen LogP contribution in [-0.2, 0) is 0 Å². The van der Waals surface area contributed by atoms with Crippen LogP contribution >= 0.6 is 0 Å². The van der Waals surface area contributed by atoms with Crippen LogP contribution in [0.5, 0.6) is 0 Å². The van der Waals surface area contributed by atoms with Crippen molar-refractivity contribution < 1.29 is 0 Å². The van der Waals surface area contributed by atoms with Crippen LogP contribution in [0.15, 0.2) is 0 Å². The summed E-state index contributed by atoms with van der Waals surface area (Å²) in [5.74, 6) is 1.72. The molecule has 0 bridgehead atoms. The van der Waals surface area contributed by atoms with Gasteiger partial charge in [-0.15, -0.1) is 0 Å². The molecule has 2 aliphatic heterocycles. The zero-order valence-electron chi connectivity index (χ0n) is 13.2. The molecule has 3 nitrogen and oxygen atoms in total. The Morgan fingerprint density at radius 1 is 1.16 bits per heavy atom. The minimum Gasteiger partial charge on any atom is -0.314 e. The zero-order valence-corrected chi connectivity index (χ0v) is 13.2. The monoisotopic (exact) mass is 267 g/mol. The first-order valence-corrected chi connectivity index (χ1v) is 8.33. The summed E-state index contributed by atoms with van der Waals surface area (Å²) in [6.07, 6.45) is 5.59. The molecule has 3 unspecified atom stereocenters. The second-order valence-electron chi connectivity index (χ2n) is 6.76. The number of piperidine rings is 2. The first-order valence-electron chi connectivity index (χ1n) is 8.33. The van der Waals surface area contributed by atoms with E-state index in [-0.39, 0.29) is 0 Å². The van der Waals surface area contributed by atoms with Crippen molar-refractivity contribution >= 4 is 0 Å². The van der Waals surface area contributed by atoms with Crippen LogP contribution in [0.4, 0.5) is 0 Å². The average molecular weight is 267 g/mol. The number of hydrogen-bond acceptors (Lipinski definition) is 3. The fourth-order valence-corrected chi connectivity index (χ4v) is 3.75. The summed E-state index contributed by atoms with van der Waals surface area (Å²) >= 11 is 0. The van der Waals surface area contributed by atoms with E-state index >= 15 is 0 Å². The van der Waals surface area contributed by atoms with Crippen LogP contribution in [0, 0.1) is 11.8 Å². The number of hydrogen-bond donors (Lipinski definition) is 1. The van der Waals surface area contributed by atoms with Crippen LogP contribution in [0.1, 0.15) is 39.5 Å². The van der Waals surface area contributed by atoms with Crippen molar-refractivity contribution in [3.63, 3.8) is 0 Å². The Labute approximate surface area is 119 Å². The smallest absolute Gasteiger partial charge is 0.00793 e. The summed E-state index contributed by atoms with van der Waals surface area (Å²) in [5.41, 5.74) is 0. The largest absolute Gasteiger partial charge is 0.314 e. The lowest BCUT2D eigenvalue weighted by atomic mass is 9.90. The van der Waals surface area contributed by atoms with Crippen LogP contribution in [0.25, 0.3) is 0 Å². The van der Waals surface area contributed by atoms with Gasteiger partial charge in [0.25, 0.3) is 0 Å². The van der Waals surface area contributed by atoms with Gasteiger partial charge in [-0.2, -0.15) is 0 Å². The molecule has 2 heterocycles. The molecule has 2 rings (SSSR count). The van der Waals surface area contributed by atoms with Gasteiger partial charge in [0.15, 0.2) is 0 Å². The lowest BCUT2D eigenvalue weighted by molar-refractivity contribution is 0.148. The topological polar surface area (TPSA) is 18.5 Å². The highest BCUT2D eigenvalue weighted by atomic mass is 15.1. The van der Waals surface area contributed by atoms with Gasteiger partial charge < -0.3 is 15.1 Å². The van der Waals surface area contributed by atoms with Gasteiger partial charge in [0.1, 0.15) is 0 Å². The van der Waals surface area contributed by atoms with Gasteiger partial charge in [-0.1, -0.05) is 6.92 Å². The summed E-state index contributed by atoms with van der Waals surface area (Å²) in [4.78, 5) is 5.10. The van der Waals surface area contributed by atoms with Crippen molar-refractivity contribution in [3.05, 3.63) is 0 Å². The zero-order chi connectivity index (χ0) is 13.7. The van der Waals surface area contributed by atoms with E-state index in [1.165, 1.54) is 65.0 Å². The predicted octanol–water partition coefficient (Wildman–Crippen LogP) is 2.04. The highest BCUT2D eigenvalue weighted by Gasteiger charge is 2.24. The van der Waals surface area contributed by atoms with Gasteiger partial charge in [-0.3, -0.25) is 0 Å². The van der Waals surface area contributed by atoms with E-state index in [1.807, 2.05) is 0 Å². The van der Waals surface area contributed by atoms with E-state index < -0.39 is 0 Å².